The maximum Gasteiger partial charge on any atom is 0.217 e. The fourth-order valence-corrected chi connectivity index (χ4v) is 5.95. The Morgan fingerprint density at radius 2 is 0.961 bits per heavy atom. The Hall–Kier alpha value is -1.82. The molecule has 0 spiro atoms. The van der Waals surface area contributed by atoms with Gasteiger partial charge in [0.25, 0.3) is 0 Å². The quantitative estimate of drug-likeness (QED) is 0.0696. The van der Waals surface area contributed by atoms with Crippen LogP contribution in [0.25, 0.3) is 0 Å². The van der Waals surface area contributed by atoms with Crippen molar-refractivity contribution in [3.8, 4) is 0 Å². The van der Waals surface area contributed by atoms with Gasteiger partial charge in [0.2, 0.25) is 11.8 Å². The second-order valence-electron chi connectivity index (χ2n) is 12.4. The molecule has 51 heavy (non-hydrogen) atoms. The molecule has 19 atom stereocenters. The summed E-state index contributed by atoms with van der Waals surface area (Å²) in [4.78, 5) is 23.7. The number of aliphatic hydroxyl groups is 13. The lowest BCUT2D eigenvalue weighted by molar-refractivity contribution is -0.365. The van der Waals surface area contributed by atoms with E-state index >= 15 is 0 Å². The van der Waals surface area contributed by atoms with Crippen LogP contribution in [0.5, 0.6) is 0 Å². The van der Waals surface area contributed by atoms with Gasteiger partial charge in [-0.25, -0.2) is 0 Å². The number of ether oxygens (including phenoxy) is 6. The predicted octanol–water partition coefficient (Wildman–Crippen LogP) is -9.83. The molecule has 0 saturated carbocycles. The third-order valence-corrected chi connectivity index (χ3v) is 8.65. The fraction of sp³-hybridized carbons (Fsp3) is 0.929. The number of rotatable bonds is 16. The van der Waals surface area contributed by atoms with Gasteiger partial charge >= 0.3 is 0 Å². The van der Waals surface area contributed by atoms with E-state index in [0.717, 1.165) is 13.8 Å². The molecule has 3 fully saturated rings. The molecule has 0 radical (unpaired) electrons. The minimum absolute atomic E-state index is 0.700. The van der Waals surface area contributed by atoms with Gasteiger partial charge in [0.15, 0.2) is 18.9 Å². The van der Waals surface area contributed by atoms with Crippen molar-refractivity contribution in [2.45, 2.75) is 130 Å². The zero-order valence-corrected chi connectivity index (χ0v) is 27.6. The lowest BCUT2D eigenvalue weighted by Gasteiger charge is -2.48. The molecular weight excluding hydrogens is 700 g/mol. The van der Waals surface area contributed by atoms with Gasteiger partial charge in [-0.1, -0.05) is 0 Å². The van der Waals surface area contributed by atoms with Gasteiger partial charge in [0.1, 0.15) is 97.5 Å². The zero-order valence-electron chi connectivity index (χ0n) is 27.6. The maximum absolute atomic E-state index is 11.9. The largest absolute Gasteiger partial charge is 0.394 e. The van der Waals surface area contributed by atoms with Crippen LogP contribution in [0.3, 0.4) is 0 Å². The third kappa shape index (κ3) is 10.2. The molecule has 15 N–H and O–H groups in total. The Balaban J connectivity index is 1.89. The minimum atomic E-state index is -2.15. The number of hydrogen-bond donors (Lipinski definition) is 15. The zero-order chi connectivity index (χ0) is 38.3. The summed E-state index contributed by atoms with van der Waals surface area (Å²) in [5.41, 5.74) is 0. The molecule has 0 bridgehead atoms. The SMILES string of the molecule is CC(=O)N[C@H]1[C@H](O[C@@H]([C@H](O[C@H]2O[C@H](CO)[C@@H](O[C@@H]3O[C@H](CO)[C@@H](O)[C@H](O)[C@H]3NC(C)=O)[C@H](O)[C@@H]2O)[C@H](O)CO)[C@H](O)CO)O[C@H](CO)[C@@H](O)[C@@H]1O. The molecule has 3 rings (SSSR count). The van der Waals surface area contributed by atoms with Gasteiger partial charge in [-0.2, -0.15) is 0 Å². The molecule has 23 nitrogen and oxygen atoms in total. The summed E-state index contributed by atoms with van der Waals surface area (Å²) in [7, 11) is 0. The molecule has 0 aromatic heterocycles. The number of carbonyl (C=O) groups excluding carboxylic acids is 2. The second kappa shape index (κ2) is 19.5. The van der Waals surface area contributed by atoms with E-state index in [1.54, 1.807) is 0 Å². The molecule has 2 amide bonds. The fourth-order valence-electron chi connectivity index (χ4n) is 5.95. The van der Waals surface area contributed by atoms with Crippen LogP contribution < -0.4 is 10.6 Å². The standard InChI is InChI=1S/C28H50N2O21/c1-8(36)29-15-19(42)17(40)12(5-33)46-26(15)49-23(10(38)3-31)24(11(39)4-32)50-28-22(45)21(44)25(14(7-35)48-28)51-27-16(30-9(2)37)20(43)18(41)13(6-34)47-27/h10-28,31-35,38-45H,3-7H2,1-2H3,(H,29,36)(H,30,37)/t10-,11-,12-,13-,14-,15-,16-,17-,18-,19-,20-,21-,22+,23-,24-,25-,26+,27+,28-/m1/s1. The Morgan fingerprint density at radius 3 is 1.37 bits per heavy atom. The average Bonchev–Trinajstić information content (AvgIpc) is 3.10. The summed E-state index contributed by atoms with van der Waals surface area (Å²) in [5.74, 6) is -1.44. The highest BCUT2D eigenvalue weighted by Gasteiger charge is 2.53. The molecule has 3 saturated heterocycles. The van der Waals surface area contributed by atoms with Gasteiger partial charge in [0.05, 0.1) is 33.0 Å². The molecule has 3 aliphatic heterocycles. The van der Waals surface area contributed by atoms with E-state index < -0.39 is 161 Å². The van der Waals surface area contributed by atoms with Gasteiger partial charge in [-0.15, -0.1) is 0 Å². The third-order valence-electron chi connectivity index (χ3n) is 8.65. The van der Waals surface area contributed by atoms with Crippen LogP contribution in [0.1, 0.15) is 13.8 Å². The maximum atomic E-state index is 11.9. The van der Waals surface area contributed by atoms with Crippen molar-refractivity contribution in [3.05, 3.63) is 0 Å². The smallest absolute Gasteiger partial charge is 0.217 e. The van der Waals surface area contributed by atoms with Crippen molar-refractivity contribution in [3.63, 3.8) is 0 Å². The first kappa shape index (κ1) is 43.6. The van der Waals surface area contributed by atoms with E-state index in [1.165, 1.54) is 0 Å². The highest BCUT2D eigenvalue weighted by Crippen LogP contribution is 2.32. The molecule has 298 valence electrons. The summed E-state index contributed by atoms with van der Waals surface area (Å²) in [6, 6.07) is -3.07. The van der Waals surface area contributed by atoms with Crippen LogP contribution in [-0.4, -0.2) is 228 Å². The molecule has 3 aliphatic rings. The van der Waals surface area contributed by atoms with Gasteiger partial charge < -0.3 is 105 Å². The number of nitrogens with one attached hydrogen (secondary N) is 2. The molecule has 0 aromatic rings. The van der Waals surface area contributed by atoms with Crippen LogP contribution in [0.4, 0.5) is 0 Å². The normalized spacial score (nSPS) is 41.3. The summed E-state index contributed by atoms with van der Waals surface area (Å²) >= 11 is 0. The monoisotopic (exact) mass is 750 g/mol. The lowest BCUT2D eigenvalue weighted by Crippen LogP contribution is -2.68. The first-order chi connectivity index (χ1) is 24.0. The Labute approximate surface area is 290 Å². The minimum Gasteiger partial charge on any atom is -0.394 e. The van der Waals surface area contributed by atoms with E-state index in [4.69, 9.17) is 28.4 Å². The van der Waals surface area contributed by atoms with E-state index in [9.17, 15) is 76.0 Å². The first-order valence-electron chi connectivity index (χ1n) is 16.0. The van der Waals surface area contributed by atoms with Crippen molar-refractivity contribution in [2.75, 3.05) is 33.0 Å². The van der Waals surface area contributed by atoms with Gasteiger partial charge in [-0.05, 0) is 0 Å². The summed E-state index contributed by atoms with van der Waals surface area (Å²) in [5, 5.41) is 139. The van der Waals surface area contributed by atoms with Crippen LogP contribution in [0.15, 0.2) is 0 Å². The van der Waals surface area contributed by atoms with E-state index in [1.807, 2.05) is 0 Å². The van der Waals surface area contributed by atoms with Crippen molar-refractivity contribution in [1.29, 1.82) is 0 Å². The Kier molecular flexibility index (Phi) is 16.7. The summed E-state index contributed by atoms with van der Waals surface area (Å²) in [6.45, 7) is -2.74. The molecule has 3 heterocycles. The van der Waals surface area contributed by atoms with Crippen molar-refractivity contribution in [1.82, 2.24) is 10.6 Å². The molecule has 0 aliphatic carbocycles. The second-order valence-corrected chi connectivity index (χ2v) is 12.4. The van der Waals surface area contributed by atoms with E-state index in [2.05, 4.69) is 10.6 Å². The molecule has 23 heteroatoms. The van der Waals surface area contributed by atoms with Crippen molar-refractivity contribution >= 4 is 11.8 Å². The molecule has 0 unspecified atom stereocenters. The number of carbonyl (C=O) groups is 2. The summed E-state index contributed by atoms with van der Waals surface area (Å²) in [6.07, 6.45) is -31.2. The highest BCUT2D eigenvalue weighted by atomic mass is 16.8. The lowest BCUT2D eigenvalue weighted by atomic mass is 9.95. The number of aliphatic hydroxyl groups excluding tert-OH is 13. The Morgan fingerprint density at radius 1 is 0.569 bits per heavy atom. The summed E-state index contributed by atoms with van der Waals surface area (Å²) < 4.78 is 33.7. The van der Waals surface area contributed by atoms with Crippen LogP contribution >= 0.6 is 0 Å². The number of amides is 2. The van der Waals surface area contributed by atoms with E-state index in [-0.39, 0.29) is 0 Å². The van der Waals surface area contributed by atoms with Crippen LogP contribution in [-0.2, 0) is 38.0 Å². The molecule has 0 aromatic carbocycles. The van der Waals surface area contributed by atoms with Gasteiger partial charge in [0, 0.05) is 13.8 Å². The van der Waals surface area contributed by atoms with Crippen LogP contribution in [0.2, 0.25) is 0 Å². The van der Waals surface area contributed by atoms with Crippen LogP contribution in [0, 0.1) is 0 Å². The van der Waals surface area contributed by atoms with E-state index in [0.29, 0.717) is 0 Å². The number of hydrogen-bond acceptors (Lipinski definition) is 21. The predicted molar refractivity (Wildman–Crippen MR) is 159 cm³/mol. The van der Waals surface area contributed by atoms with Gasteiger partial charge in [-0.3, -0.25) is 9.59 Å². The topological polar surface area (TPSA) is 377 Å². The first-order valence-corrected chi connectivity index (χ1v) is 16.0. The average molecular weight is 751 g/mol. The molecular formula is C28H50N2O21. The van der Waals surface area contributed by atoms with Crippen molar-refractivity contribution in [2.24, 2.45) is 0 Å². The van der Waals surface area contributed by atoms with Crippen molar-refractivity contribution < 1.29 is 104 Å². The Bertz CT molecular complexity index is 1090. The highest BCUT2D eigenvalue weighted by molar-refractivity contribution is 5.73.